The van der Waals surface area contributed by atoms with Gasteiger partial charge in [0.2, 0.25) is 0 Å². The summed E-state index contributed by atoms with van der Waals surface area (Å²) in [6.45, 7) is 6.44. The third-order valence-corrected chi connectivity index (χ3v) is 9.68. The molecule has 0 N–H and O–H groups in total. The maximum atomic E-state index is 10.4. The molecule has 2 nitrogen and oxygen atoms in total. The van der Waals surface area contributed by atoms with E-state index in [0.717, 1.165) is 19.1 Å². The van der Waals surface area contributed by atoms with Crippen molar-refractivity contribution in [1.82, 2.24) is 0 Å². The molecule has 0 unspecified atom stereocenters. The molecule has 1 saturated heterocycles. The Morgan fingerprint density at radius 3 is 2.53 bits per heavy atom. The van der Waals surface area contributed by atoms with Gasteiger partial charge in [-0.1, -0.05) is 0 Å². The molecule has 0 spiro atoms. The fourth-order valence-electron chi connectivity index (χ4n) is 1.67. The summed E-state index contributed by atoms with van der Waals surface area (Å²) in [7, 11) is 0. The number of ether oxygens (including phenoxy) is 1. The van der Waals surface area contributed by atoms with Gasteiger partial charge in [0.1, 0.15) is 0 Å². The predicted molar refractivity (Wildman–Crippen MR) is 65.6 cm³/mol. The summed E-state index contributed by atoms with van der Waals surface area (Å²) in [5, 5.41) is 0. The van der Waals surface area contributed by atoms with Crippen LogP contribution in [0.4, 0.5) is 0 Å². The van der Waals surface area contributed by atoms with E-state index in [1.165, 1.54) is 3.59 Å². The van der Waals surface area contributed by atoms with E-state index in [4.69, 9.17) is 4.74 Å². The normalized spacial score (nSPS) is 27.2. The second-order valence-electron chi connectivity index (χ2n) is 5.67. The fourth-order valence-corrected chi connectivity index (χ4v) is 4.41. The summed E-state index contributed by atoms with van der Waals surface area (Å²) in [4.78, 5) is 17.6. The van der Waals surface area contributed by atoms with Crippen LogP contribution in [0.1, 0.15) is 19.8 Å². The van der Waals surface area contributed by atoms with Crippen molar-refractivity contribution in [1.29, 1.82) is 0 Å². The van der Waals surface area contributed by atoms with Crippen LogP contribution in [-0.2, 0) is 9.53 Å². The zero-order chi connectivity index (χ0) is 11.6. The predicted octanol–water partition coefficient (Wildman–Crippen LogP) is 2.80. The number of epoxide rings is 1. The van der Waals surface area contributed by atoms with Gasteiger partial charge >= 0.3 is 97.1 Å². The average Bonchev–Trinajstić information content (AvgIpc) is 2.81. The second kappa shape index (κ2) is 5.00. The first-order valence-corrected chi connectivity index (χ1v) is 15.6. The molecular weight excluding hydrogens is 295 g/mol. The molecule has 1 heterocycles. The first kappa shape index (κ1) is 13.2. The summed E-state index contributed by atoms with van der Waals surface area (Å²) in [5.74, 6) is 0.600. The monoisotopic (exact) mass is 318 g/mol. The van der Waals surface area contributed by atoms with Crippen molar-refractivity contribution in [3.63, 3.8) is 0 Å². The molecule has 1 rings (SSSR count). The van der Waals surface area contributed by atoms with Crippen LogP contribution in [0.5, 0.6) is 0 Å². The van der Waals surface area contributed by atoms with Gasteiger partial charge in [0.05, 0.1) is 0 Å². The Morgan fingerprint density at radius 1 is 1.53 bits per heavy atom. The Kier molecular flexibility index (Phi) is 4.41. The van der Waals surface area contributed by atoms with Crippen LogP contribution in [0, 0.1) is 5.92 Å². The molecule has 1 aliphatic heterocycles. The third kappa shape index (κ3) is 4.27. The molecule has 0 saturated carbocycles. The van der Waals surface area contributed by atoms with E-state index < -0.39 is 18.4 Å². The van der Waals surface area contributed by atoms with Crippen LogP contribution in [-0.4, -0.2) is 36.9 Å². The number of carbonyl (C=O) groups is 1. The van der Waals surface area contributed by atoms with E-state index in [0.29, 0.717) is 5.92 Å². The van der Waals surface area contributed by atoms with Crippen LogP contribution in [0.15, 0.2) is 10.2 Å². The second-order valence-corrected chi connectivity index (χ2v) is 20.5. The van der Waals surface area contributed by atoms with Gasteiger partial charge in [-0.25, -0.2) is 0 Å². The summed E-state index contributed by atoms with van der Waals surface area (Å²) < 4.78 is 6.71. The van der Waals surface area contributed by atoms with Crippen LogP contribution in [0.2, 0.25) is 14.8 Å². The maximum absolute atomic E-state index is 10.4. The molecule has 15 heavy (non-hydrogen) atoms. The van der Waals surface area contributed by atoms with Gasteiger partial charge in [0, 0.05) is 0 Å². The molecule has 3 heteroatoms. The topological polar surface area (TPSA) is 29.6 Å². The molecular formula is C12H22O2Sn. The standard InChI is InChI=1S/C9H13O2.3CH3.Sn/c1-3-4-7(2)5-8-9(6-10)11-8;;;;/h6-9H,1,4-5H2,2H3;3*1H3;/t7-,8+,9+;;;;/m1..../s1. The van der Waals surface area contributed by atoms with E-state index in [1.807, 2.05) is 0 Å². The summed E-state index contributed by atoms with van der Waals surface area (Å²) in [5.41, 5.74) is 0. The van der Waals surface area contributed by atoms with Crippen LogP contribution in [0.25, 0.3) is 0 Å². The van der Waals surface area contributed by atoms with Crippen molar-refractivity contribution in [2.45, 2.75) is 46.8 Å². The van der Waals surface area contributed by atoms with Crippen LogP contribution in [0.3, 0.4) is 0 Å². The zero-order valence-electron chi connectivity index (χ0n) is 10.2. The Labute approximate surface area is 97.0 Å². The van der Waals surface area contributed by atoms with Gasteiger partial charge in [-0.15, -0.1) is 0 Å². The number of aldehydes is 1. The fraction of sp³-hybridized carbons (Fsp3) is 0.750. The van der Waals surface area contributed by atoms with Crippen molar-refractivity contribution >= 4 is 24.7 Å². The summed E-state index contributed by atoms with van der Waals surface area (Å²) in [6.07, 6.45) is 3.12. The number of rotatable bonds is 6. The molecule has 0 bridgehead atoms. The first-order chi connectivity index (χ1) is 6.84. The molecule has 0 aromatic heterocycles. The molecule has 0 aromatic rings. The van der Waals surface area contributed by atoms with Crippen molar-refractivity contribution in [3.8, 4) is 0 Å². The molecule has 0 radical (unpaired) electrons. The van der Waals surface area contributed by atoms with Crippen molar-refractivity contribution in [2.24, 2.45) is 5.92 Å². The minimum atomic E-state index is -1.88. The SMILES string of the molecule is C=[C](C[C@@H](C)C[C@@H]1O[C@H]1C=O)[Sn]([CH3])([CH3])[CH3]. The zero-order valence-corrected chi connectivity index (χ0v) is 13.1. The molecule has 0 amide bonds. The Morgan fingerprint density at radius 2 is 2.13 bits per heavy atom. The number of allylic oxidation sites excluding steroid dienone is 1. The van der Waals surface area contributed by atoms with E-state index in [-0.39, 0.29) is 12.2 Å². The Bertz CT molecular complexity index is 255. The molecule has 1 aliphatic rings. The van der Waals surface area contributed by atoms with Gasteiger partial charge in [-0.05, 0) is 0 Å². The molecule has 86 valence electrons. The van der Waals surface area contributed by atoms with Crippen molar-refractivity contribution < 1.29 is 9.53 Å². The van der Waals surface area contributed by atoms with Gasteiger partial charge in [-0.2, -0.15) is 0 Å². The summed E-state index contributed by atoms with van der Waals surface area (Å²) in [6, 6.07) is 0. The molecule has 3 atom stereocenters. The van der Waals surface area contributed by atoms with E-state index >= 15 is 0 Å². The van der Waals surface area contributed by atoms with E-state index in [2.05, 4.69) is 28.3 Å². The molecule has 0 aliphatic carbocycles. The number of hydrogen-bond acceptors (Lipinski definition) is 2. The first-order valence-electron chi connectivity index (χ1n) is 5.63. The average molecular weight is 317 g/mol. The molecule has 0 aromatic carbocycles. The summed E-state index contributed by atoms with van der Waals surface area (Å²) >= 11 is -1.88. The third-order valence-electron chi connectivity index (χ3n) is 3.05. The van der Waals surface area contributed by atoms with Gasteiger partial charge < -0.3 is 0 Å². The Hall–Kier alpha value is 0.169. The Balaban J connectivity index is 2.28. The number of carbonyl (C=O) groups excluding carboxylic acids is 1. The van der Waals surface area contributed by atoms with Crippen molar-refractivity contribution in [2.75, 3.05) is 0 Å². The van der Waals surface area contributed by atoms with Crippen LogP contribution < -0.4 is 0 Å². The quantitative estimate of drug-likeness (QED) is 0.428. The molecule has 1 fully saturated rings. The van der Waals surface area contributed by atoms with E-state index in [9.17, 15) is 4.79 Å². The van der Waals surface area contributed by atoms with Gasteiger partial charge in [0.15, 0.2) is 0 Å². The van der Waals surface area contributed by atoms with Crippen molar-refractivity contribution in [3.05, 3.63) is 10.2 Å². The van der Waals surface area contributed by atoms with Crippen LogP contribution >= 0.6 is 0 Å². The van der Waals surface area contributed by atoms with E-state index in [1.54, 1.807) is 0 Å². The van der Waals surface area contributed by atoms with Gasteiger partial charge in [0.25, 0.3) is 0 Å². The van der Waals surface area contributed by atoms with Gasteiger partial charge in [-0.3, -0.25) is 0 Å². The minimum absolute atomic E-state index is 0.112. The number of hydrogen-bond donors (Lipinski definition) is 0.